The van der Waals surface area contributed by atoms with Crippen molar-refractivity contribution in [3.05, 3.63) is 100 Å². The molecule has 0 aliphatic rings. The van der Waals surface area contributed by atoms with E-state index in [1.165, 1.54) is 12.1 Å². The quantitative estimate of drug-likeness (QED) is 0.608. The number of hydrogen-bond acceptors (Lipinski definition) is 2. The molecule has 0 fully saturated rings. The molecule has 0 radical (unpaired) electrons. The van der Waals surface area contributed by atoms with Crippen molar-refractivity contribution in [3.8, 4) is 11.3 Å². The van der Waals surface area contributed by atoms with E-state index in [1.54, 1.807) is 24.5 Å². The van der Waals surface area contributed by atoms with Crippen molar-refractivity contribution in [2.24, 2.45) is 0 Å². The Balaban J connectivity index is 1.97. The van der Waals surface area contributed by atoms with Gasteiger partial charge >= 0.3 is 0 Å². The van der Waals surface area contributed by atoms with Crippen LogP contribution in [-0.4, -0.2) is 9.97 Å². The standard InChI is InChI=1S/C21H15FN2O/c22-16-7-5-15(6-8-16)20-18(13-14-9-11-23-12-10-14)21(25)17-3-1-2-4-19(17)24-20/h1-12H,13H2,(H,24,25). The number of benzene rings is 2. The number of fused-ring (bicyclic) bond motifs is 1. The third-order valence-electron chi connectivity index (χ3n) is 4.27. The average molecular weight is 330 g/mol. The first-order valence-electron chi connectivity index (χ1n) is 8.01. The Morgan fingerprint density at radius 1 is 0.920 bits per heavy atom. The second-order valence-corrected chi connectivity index (χ2v) is 5.89. The topological polar surface area (TPSA) is 45.8 Å². The Morgan fingerprint density at radius 2 is 1.64 bits per heavy atom. The van der Waals surface area contributed by atoms with Crippen molar-refractivity contribution in [2.75, 3.05) is 0 Å². The van der Waals surface area contributed by atoms with Crippen LogP contribution in [0.2, 0.25) is 0 Å². The summed E-state index contributed by atoms with van der Waals surface area (Å²) in [6.07, 6.45) is 3.90. The van der Waals surface area contributed by atoms with Gasteiger partial charge in [0, 0.05) is 35.3 Å². The minimum atomic E-state index is -0.303. The molecular weight excluding hydrogens is 315 g/mol. The van der Waals surface area contributed by atoms with Crippen molar-refractivity contribution < 1.29 is 4.39 Å². The van der Waals surface area contributed by atoms with Crippen LogP contribution in [0.5, 0.6) is 0 Å². The molecule has 0 unspecified atom stereocenters. The summed E-state index contributed by atoms with van der Waals surface area (Å²) in [7, 11) is 0. The van der Waals surface area contributed by atoms with Gasteiger partial charge in [0.25, 0.3) is 0 Å². The maximum atomic E-state index is 13.3. The molecule has 0 amide bonds. The van der Waals surface area contributed by atoms with Gasteiger partial charge in [0.15, 0.2) is 5.43 Å². The Hall–Kier alpha value is -3.27. The van der Waals surface area contributed by atoms with Crippen molar-refractivity contribution in [1.29, 1.82) is 0 Å². The monoisotopic (exact) mass is 330 g/mol. The normalized spacial score (nSPS) is 10.9. The van der Waals surface area contributed by atoms with Crippen molar-refractivity contribution in [2.45, 2.75) is 6.42 Å². The van der Waals surface area contributed by atoms with Crippen LogP contribution >= 0.6 is 0 Å². The number of nitrogens with one attached hydrogen (secondary N) is 1. The minimum absolute atomic E-state index is 0.00881. The molecule has 1 N–H and O–H groups in total. The second-order valence-electron chi connectivity index (χ2n) is 5.89. The summed E-state index contributed by atoms with van der Waals surface area (Å²) in [5, 5.41) is 0.650. The fraction of sp³-hybridized carbons (Fsp3) is 0.0476. The molecule has 0 atom stereocenters. The maximum Gasteiger partial charge on any atom is 0.193 e. The maximum absolute atomic E-state index is 13.3. The Kier molecular flexibility index (Phi) is 3.86. The summed E-state index contributed by atoms with van der Waals surface area (Å²) >= 11 is 0. The average Bonchev–Trinajstić information content (AvgIpc) is 2.65. The molecular formula is C21H15FN2O. The van der Waals surface area contributed by atoms with Crippen LogP contribution in [0.15, 0.2) is 77.9 Å². The van der Waals surface area contributed by atoms with Crippen LogP contribution < -0.4 is 5.43 Å². The van der Waals surface area contributed by atoms with E-state index in [0.717, 1.165) is 22.3 Å². The van der Waals surface area contributed by atoms with Crippen LogP contribution in [0.4, 0.5) is 4.39 Å². The number of rotatable bonds is 3. The first-order chi connectivity index (χ1) is 12.2. The van der Waals surface area contributed by atoms with E-state index in [4.69, 9.17) is 0 Å². The Labute approximate surface area is 143 Å². The highest BCUT2D eigenvalue weighted by Gasteiger charge is 2.14. The van der Waals surface area contributed by atoms with Crippen LogP contribution in [-0.2, 0) is 6.42 Å². The predicted octanol–water partition coefficient (Wildman–Crippen LogP) is 4.32. The van der Waals surface area contributed by atoms with Gasteiger partial charge < -0.3 is 4.98 Å². The third-order valence-corrected chi connectivity index (χ3v) is 4.27. The summed E-state index contributed by atoms with van der Waals surface area (Å²) in [5.41, 5.74) is 3.93. The van der Waals surface area contributed by atoms with E-state index >= 15 is 0 Å². The molecule has 2 aromatic carbocycles. The van der Waals surface area contributed by atoms with Gasteiger partial charge in [0.1, 0.15) is 5.82 Å². The number of halogens is 1. The number of hydrogen-bond donors (Lipinski definition) is 1. The van der Waals surface area contributed by atoms with Crippen LogP contribution in [0.3, 0.4) is 0 Å². The first-order valence-corrected chi connectivity index (χ1v) is 8.01. The zero-order chi connectivity index (χ0) is 17.2. The summed E-state index contributed by atoms with van der Waals surface area (Å²) < 4.78 is 13.3. The summed E-state index contributed by atoms with van der Waals surface area (Å²) in [6, 6.07) is 17.4. The lowest BCUT2D eigenvalue weighted by molar-refractivity contribution is 0.628. The van der Waals surface area contributed by atoms with E-state index in [9.17, 15) is 9.18 Å². The van der Waals surface area contributed by atoms with Crippen molar-refractivity contribution >= 4 is 10.9 Å². The molecule has 0 spiro atoms. The fourth-order valence-electron chi connectivity index (χ4n) is 3.01. The van der Waals surface area contributed by atoms with Crippen LogP contribution in [0.1, 0.15) is 11.1 Å². The largest absolute Gasteiger partial charge is 0.354 e. The zero-order valence-electron chi connectivity index (χ0n) is 13.4. The molecule has 25 heavy (non-hydrogen) atoms. The number of aromatic amines is 1. The van der Waals surface area contributed by atoms with E-state index in [0.29, 0.717) is 17.4 Å². The molecule has 122 valence electrons. The lowest BCUT2D eigenvalue weighted by Crippen LogP contribution is -2.13. The van der Waals surface area contributed by atoms with Gasteiger partial charge in [0.2, 0.25) is 0 Å². The lowest BCUT2D eigenvalue weighted by Gasteiger charge is -2.12. The number of pyridine rings is 2. The Morgan fingerprint density at radius 3 is 2.40 bits per heavy atom. The third kappa shape index (κ3) is 2.94. The molecule has 2 heterocycles. The molecule has 0 aliphatic heterocycles. The predicted molar refractivity (Wildman–Crippen MR) is 97.0 cm³/mol. The highest BCUT2D eigenvalue weighted by atomic mass is 19.1. The molecule has 0 saturated heterocycles. The summed E-state index contributed by atoms with van der Waals surface area (Å²) in [5.74, 6) is -0.303. The summed E-state index contributed by atoms with van der Waals surface area (Å²) in [4.78, 5) is 20.5. The molecule has 4 rings (SSSR count). The second kappa shape index (κ2) is 6.32. The van der Waals surface area contributed by atoms with Gasteiger partial charge in [0.05, 0.1) is 5.69 Å². The SMILES string of the molecule is O=c1c(Cc2ccncc2)c(-c2ccc(F)cc2)[nH]c2ccccc12. The van der Waals surface area contributed by atoms with Gasteiger partial charge in [-0.15, -0.1) is 0 Å². The van der Waals surface area contributed by atoms with E-state index in [2.05, 4.69) is 9.97 Å². The molecule has 0 bridgehead atoms. The van der Waals surface area contributed by atoms with Crippen molar-refractivity contribution in [3.63, 3.8) is 0 Å². The number of H-pyrrole nitrogens is 1. The van der Waals surface area contributed by atoms with Gasteiger partial charge in [-0.05, 0) is 59.7 Å². The summed E-state index contributed by atoms with van der Waals surface area (Å²) in [6.45, 7) is 0. The molecule has 3 nitrogen and oxygen atoms in total. The van der Waals surface area contributed by atoms with Gasteiger partial charge in [-0.25, -0.2) is 4.39 Å². The highest BCUT2D eigenvalue weighted by Crippen LogP contribution is 2.24. The van der Waals surface area contributed by atoms with Crippen LogP contribution in [0, 0.1) is 5.82 Å². The fourth-order valence-corrected chi connectivity index (χ4v) is 3.01. The van der Waals surface area contributed by atoms with E-state index in [-0.39, 0.29) is 11.2 Å². The highest BCUT2D eigenvalue weighted by molar-refractivity contribution is 5.83. The molecule has 0 saturated carbocycles. The van der Waals surface area contributed by atoms with Crippen molar-refractivity contribution in [1.82, 2.24) is 9.97 Å². The number of aromatic nitrogens is 2. The van der Waals surface area contributed by atoms with Gasteiger partial charge in [-0.2, -0.15) is 0 Å². The van der Waals surface area contributed by atoms with Crippen LogP contribution in [0.25, 0.3) is 22.2 Å². The Bertz CT molecular complexity index is 1090. The van der Waals surface area contributed by atoms with E-state index < -0.39 is 0 Å². The molecule has 4 aromatic rings. The number of para-hydroxylation sites is 1. The minimum Gasteiger partial charge on any atom is -0.354 e. The smallest absolute Gasteiger partial charge is 0.193 e. The molecule has 4 heteroatoms. The van der Waals surface area contributed by atoms with E-state index in [1.807, 2.05) is 36.4 Å². The first kappa shape index (κ1) is 15.3. The zero-order valence-corrected chi connectivity index (χ0v) is 13.4. The van der Waals surface area contributed by atoms with Gasteiger partial charge in [-0.1, -0.05) is 12.1 Å². The van der Waals surface area contributed by atoms with Gasteiger partial charge in [-0.3, -0.25) is 9.78 Å². The molecule has 2 aromatic heterocycles. The molecule has 0 aliphatic carbocycles. The number of nitrogens with zero attached hydrogens (tertiary/aromatic N) is 1. The lowest BCUT2D eigenvalue weighted by atomic mass is 9.97.